The molecule has 9 heteroatoms. The number of thiophene rings is 1. The van der Waals surface area contributed by atoms with Crippen LogP contribution >= 0.6 is 38.9 Å². The van der Waals surface area contributed by atoms with Gasteiger partial charge in [-0.3, -0.25) is 9.48 Å². The number of alkyl halides is 1. The molecule has 3 aromatic rings. The van der Waals surface area contributed by atoms with E-state index in [2.05, 4.69) is 26.3 Å². The molecule has 0 saturated carbocycles. The summed E-state index contributed by atoms with van der Waals surface area (Å²) in [5.74, 6) is -0.951. The van der Waals surface area contributed by atoms with Gasteiger partial charge in [0, 0.05) is 17.8 Å². The molecule has 1 N–H and O–H groups in total. The van der Waals surface area contributed by atoms with Crippen LogP contribution in [0.25, 0.3) is 10.4 Å². The maximum absolute atomic E-state index is 13.0. The van der Waals surface area contributed by atoms with Crippen LogP contribution in [0.5, 0.6) is 0 Å². The predicted octanol–water partition coefficient (Wildman–Crippen LogP) is 5.90. The van der Waals surface area contributed by atoms with E-state index in [0.29, 0.717) is 11.3 Å². The standard InChI is InChI=1S/C21H21BrClN3O3S/c1-21(2,3)29-20(28)16-15(25-19(27)14-10-24-26(4)18(14)23)11-30-17(16)13-7-5-12(9-22)6-8-13/h5-8,10-11H,9H2,1-4H3,(H,25,27). The summed E-state index contributed by atoms with van der Waals surface area (Å²) in [4.78, 5) is 26.5. The minimum absolute atomic E-state index is 0.215. The minimum Gasteiger partial charge on any atom is -0.456 e. The number of aryl methyl sites for hydroxylation is 1. The lowest BCUT2D eigenvalue weighted by Gasteiger charge is -2.20. The van der Waals surface area contributed by atoms with E-state index in [1.54, 1.807) is 33.2 Å². The summed E-state index contributed by atoms with van der Waals surface area (Å²) in [6.07, 6.45) is 1.39. The second-order valence-corrected chi connectivity index (χ2v) is 9.41. The number of esters is 1. The molecule has 1 aromatic carbocycles. The highest BCUT2D eigenvalue weighted by atomic mass is 79.9. The highest BCUT2D eigenvalue weighted by Gasteiger charge is 2.27. The molecule has 30 heavy (non-hydrogen) atoms. The fraction of sp³-hybridized carbons (Fsp3) is 0.286. The summed E-state index contributed by atoms with van der Waals surface area (Å²) >= 11 is 10.9. The Morgan fingerprint density at radius 3 is 2.47 bits per heavy atom. The van der Waals surface area contributed by atoms with Gasteiger partial charge in [0.2, 0.25) is 0 Å². The van der Waals surface area contributed by atoms with E-state index >= 15 is 0 Å². The van der Waals surface area contributed by atoms with Crippen LogP contribution in [0.15, 0.2) is 35.8 Å². The lowest BCUT2D eigenvalue weighted by atomic mass is 10.1. The number of nitrogens with zero attached hydrogens (tertiary/aromatic N) is 2. The number of carbonyl (C=O) groups is 2. The first kappa shape index (κ1) is 22.5. The summed E-state index contributed by atoms with van der Waals surface area (Å²) in [6.45, 7) is 5.40. The van der Waals surface area contributed by atoms with Crippen molar-refractivity contribution < 1.29 is 14.3 Å². The Balaban J connectivity index is 2.01. The molecule has 0 aliphatic carbocycles. The third-order valence-corrected chi connectivity index (χ3v) is 6.25. The van der Waals surface area contributed by atoms with Crippen LogP contribution in [0.4, 0.5) is 5.69 Å². The van der Waals surface area contributed by atoms with Crippen molar-refractivity contribution in [3.63, 3.8) is 0 Å². The molecule has 3 rings (SSSR count). The number of rotatable bonds is 5. The number of hydrogen-bond donors (Lipinski definition) is 1. The number of aromatic nitrogens is 2. The minimum atomic E-state index is -0.677. The Labute approximate surface area is 192 Å². The van der Waals surface area contributed by atoms with Gasteiger partial charge >= 0.3 is 5.97 Å². The van der Waals surface area contributed by atoms with Crippen LogP contribution in [0.2, 0.25) is 5.15 Å². The molecule has 0 radical (unpaired) electrons. The maximum Gasteiger partial charge on any atom is 0.342 e. The average Bonchev–Trinajstić information content (AvgIpc) is 3.24. The molecule has 0 fully saturated rings. The number of anilines is 1. The monoisotopic (exact) mass is 509 g/mol. The molecule has 1 amide bonds. The molecule has 0 spiro atoms. The van der Waals surface area contributed by atoms with E-state index in [-0.39, 0.29) is 10.7 Å². The first-order valence-corrected chi connectivity index (χ1v) is 11.5. The summed E-state index contributed by atoms with van der Waals surface area (Å²) < 4.78 is 7.01. The van der Waals surface area contributed by atoms with Crippen molar-refractivity contribution in [1.29, 1.82) is 0 Å². The molecule has 0 saturated heterocycles. The van der Waals surface area contributed by atoms with Crippen LogP contribution in [0.3, 0.4) is 0 Å². The Bertz CT molecular complexity index is 1080. The van der Waals surface area contributed by atoms with E-state index in [9.17, 15) is 9.59 Å². The second-order valence-electron chi connectivity index (χ2n) is 7.61. The molecule has 0 bridgehead atoms. The van der Waals surface area contributed by atoms with Crippen LogP contribution in [-0.2, 0) is 17.1 Å². The molecule has 0 aliphatic rings. The molecule has 158 valence electrons. The lowest BCUT2D eigenvalue weighted by molar-refractivity contribution is 0.00722. The van der Waals surface area contributed by atoms with Crippen molar-refractivity contribution in [3.05, 3.63) is 57.7 Å². The zero-order valence-corrected chi connectivity index (χ0v) is 20.1. The number of halogens is 2. The van der Waals surface area contributed by atoms with E-state index in [1.165, 1.54) is 22.2 Å². The van der Waals surface area contributed by atoms with Gasteiger partial charge in [-0.2, -0.15) is 5.10 Å². The van der Waals surface area contributed by atoms with Gasteiger partial charge in [0.05, 0.1) is 22.3 Å². The Kier molecular flexibility index (Phi) is 6.69. The van der Waals surface area contributed by atoms with E-state index in [0.717, 1.165) is 21.3 Å². The van der Waals surface area contributed by atoms with Gasteiger partial charge in [0.1, 0.15) is 16.3 Å². The van der Waals surface area contributed by atoms with Crippen molar-refractivity contribution in [2.75, 3.05) is 5.32 Å². The summed E-state index contributed by atoms with van der Waals surface area (Å²) in [5.41, 5.74) is 2.22. The highest BCUT2D eigenvalue weighted by molar-refractivity contribution is 9.08. The van der Waals surface area contributed by atoms with Gasteiger partial charge in [0.15, 0.2) is 0 Å². The molecule has 2 heterocycles. The number of hydrogen-bond acceptors (Lipinski definition) is 5. The van der Waals surface area contributed by atoms with Crippen molar-refractivity contribution in [1.82, 2.24) is 9.78 Å². The number of carbonyl (C=O) groups excluding carboxylic acids is 2. The summed E-state index contributed by atoms with van der Waals surface area (Å²) in [5, 5.41) is 9.46. The molecular formula is C21H21BrClN3O3S. The maximum atomic E-state index is 13.0. The van der Waals surface area contributed by atoms with Crippen molar-refractivity contribution in [2.45, 2.75) is 31.7 Å². The van der Waals surface area contributed by atoms with E-state index < -0.39 is 17.5 Å². The van der Waals surface area contributed by atoms with Gasteiger partial charge in [-0.15, -0.1) is 11.3 Å². The van der Waals surface area contributed by atoms with Crippen LogP contribution in [-0.4, -0.2) is 27.3 Å². The molecule has 2 aromatic heterocycles. The molecule has 0 aliphatic heterocycles. The summed E-state index contributed by atoms with van der Waals surface area (Å²) in [7, 11) is 1.64. The number of ether oxygens (including phenoxy) is 1. The SMILES string of the molecule is Cn1ncc(C(=O)Nc2csc(-c3ccc(CBr)cc3)c2C(=O)OC(C)(C)C)c1Cl. The quantitative estimate of drug-likeness (QED) is 0.342. The van der Waals surface area contributed by atoms with Crippen LogP contribution in [0.1, 0.15) is 47.1 Å². The molecule has 0 unspecified atom stereocenters. The van der Waals surface area contributed by atoms with Gasteiger partial charge in [-0.05, 0) is 31.9 Å². The molecule has 0 atom stereocenters. The normalized spacial score (nSPS) is 11.4. The molecule has 6 nitrogen and oxygen atoms in total. The zero-order valence-electron chi connectivity index (χ0n) is 17.0. The van der Waals surface area contributed by atoms with Crippen molar-refractivity contribution >= 4 is 56.4 Å². The average molecular weight is 511 g/mol. The topological polar surface area (TPSA) is 73.2 Å². The van der Waals surface area contributed by atoms with Crippen LogP contribution < -0.4 is 5.32 Å². The third-order valence-electron chi connectivity index (χ3n) is 4.12. The zero-order chi connectivity index (χ0) is 22.1. The predicted molar refractivity (Wildman–Crippen MR) is 124 cm³/mol. The summed E-state index contributed by atoms with van der Waals surface area (Å²) in [6, 6.07) is 7.85. The van der Waals surface area contributed by atoms with Gasteiger partial charge < -0.3 is 10.1 Å². The Morgan fingerprint density at radius 1 is 1.27 bits per heavy atom. The fourth-order valence-corrected chi connectivity index (χ4v) is 4.25. The fourth-order valence-electron chi connectivity index (χ4n) is 2.70. The van der Waals surface area contributed by atoms with E-state index in [4.69, 9.17) is 16.3 Å². The van der Waals surface area contributed by atoms with Gasteiger partial charge in [0.25, 0.3) is 5.91 Å². The van der Waals surface area contributed by atoms with Gasteiger partial charge in [-0.1, -0.05) is 51.8 Å². The van der Waals surface area contributed by atoms with Gasteiger partial charge in [-0.25, -0.2) is 4.79 Å². The first-order valence-electron chi connectivity index (χ1n) is 9.09. The third kappa shape index (κ3) is 4.94. The smallest absolute Gasteiger partial charge is 0.342 e. The number of nitrogens with one attached hydrogen (secondary N) is 1. The Hall–Kier alpha value is -2.16. The van der Waals surface area contributed by atoms with Crippen molar-refractivity contribution in [3.8, 4) is 10.4 Å². The number of benzene rings is 1. The molecular weight excluding hydrogens is 490 g/mol. The van der Waals surface area contributed by atoms with Crippen molar-refractivity contribution in [2.24, 2.45) is 7.05 Å². The Morgan fingerprint density at radius 2 is 1.93 bits per heavy atom. The lowest BCUT2D eigenvalue weighted by Crippen LogP contribution is -2.25. The first-order chi connectivity index (χ1) is 14.1. The second kappa shape index (κ2) is 8.91. The largest absolute Gasteiger partial charge is 0.456 e. The number of amides is 1. The van der Waals surface area contributed by atoms with E-state index in [1.807, 2.05) is 24.3 Å². The van der Waals surface area contributed by atoms with Crippen LogP contribution in [0, 0.1) is 0 Å². The highest BCUT2D eigenvalue weighted by Crippen LogP contribution is 2.38.